The van der Waals surface area contributed by atoms with E-state index in [-0.39, 0.29) is 25.2 Å². The highest BCUT2D eigenvalue weighted by Crippen LogP contribution is 2.46. The number of carbonyl (C=O) groups is 2. The molecule has 0 aliphatic carbocycles. The van der Waals surface area contributed by atoms with Crippen LogP contribution in [0, 0.1) is 0 Å². The van der Waals surface area contributed by atoms with E-state index in [1.54, 1.807) is 11.9 Å². The lowest BCUT2D eigenvalue weighted by Crippen LogP contribution is -2.35. The van der Waals surface area contributed by atoms with Crippen LogP contribution in [0.25, 0.3) is 0 Å². The van der Waals surface area contributed by atoms with E-state index in [2.05, 4.69) is 17.4 Å². The average Bonchev–Trinajstić information content (AvgIpc) is 3.21. The minimum absolute atomic E-state index is 0.0737. The van der Waals surface area contributed by atoms with Crippen molar-refractivity contribution in [2.75, 3.05) is 33.5 Å². The van der Waals surface area contributed by atoms with E-state index in [1.807, 2.05) is 24.3 Å². The fourth-order valence-corrected chi connectivity index (χ4v) is 3.57. The van der Waals surface area contributed by atoms with E-state index in [4.69, 9.17) is 14.2 Å². The molecule has 1 N–H and O–H groups in total. The summed E-state index contributed by atoms with van der Waals surface area (Å²) < 4.78 is 16.8. The summed E-state index contributed by atoms with van der Waals surface area (Å²) in [6.07, 6.45) is 2.44. The lowest BCUT2D eigenvalue weighted by molar-refractivity contribution is -0.123. The van der Waals surface area contributed by atoms with Crippen LogP contribution in [0.15, 0.2) is 36.4 Å². The average molecular weight is 396 g/mol. The van der Waals surface area contributed by atoms with Crippen LogP contribution in [-0.2, 0) is 17.6 Å². The molecule has 7 nitrogen and oxygen atoms in total. The number of fused-ring (bicyclic) bond motifs is 2. The Kier molecular flexibility index (Phi) is 5.55. The first-order chi connectivity index (χ1) is 14.1. The van der Waals surface area contributed by atoms with Gasteiger partial charge in [-0.3, -0.25) is 9.59 Å². The van der Waals surface area contributed by atoms with Crippen molar-refractivity contribution in [1.29, 1.82) is 0 Å². The molecule has 0 unspecified atom stereocenters. The highest BCUT2D eigenvalue weighted by Gasteiger charge is 2.33. The van der Waals surface area contributed by atoms with Gasteiger partial charge in [0.05, 0.1) is 5.56 Å². The second-order valence-electron chi connectivity index (χ2n) is 7.18. The lowest BCUT2D eigenvalue weighted by atomic mass is 9.97. The summed E-state index contributed by atoms with van der Waals surface area (Å²) >= 11 is 0. The molecule has 2 aromatic rings. The molecule has 7 heteroatoms. The number of amides is 2. The topological polar surface area (TPSA) is 77.1 Å². The van der Waals surface area contributed by atoms with Gasteiger partial charge < -0.3 is 24.4 Å². The van der Waals surface area contributed by atoms with Gasteiger partial charge in [-0.25, -0.2) is 0 Å². The molecule has 152 valence electrons. The van der Waals surface area contributed by atoms with Gasteiger partial charge in [0.25, 0.3) is 11.8 Å². The Morgan fingerprint density at radius 1 is 1.24 bits per heavy atom. The zero-order valence-electron chi connectivity index (χ0n) is 16.4. The minimum Gasteiger partial charge on any atom is -0.479 e. The first-order valence-corrected chi connectivity index (χ1v) is 9.78. The summed E-state index contributed by atoms with van der Waals surface area (Å²) in [5.41, 5.74) is 2.56. The summed E-state index contributed by atoms with van der Waals surface area (Å²) in [7, 11) is 1.75. The molecule has 0 radical (unpaired) electrons. The number of hydrogen-bond donors (Lipinski definition) is 1. The van der Waals surface area contributed by atoms with Gasteiger partial charge in [-0.15, -0.1) is 0 Å². The van der Waals surface area contributed by atoms with Crippen molar-refractivity contribution < 1.29 is 23.8 Å². The largest absolute Gasteiger partial charge is 0.479 e. The second-order valence-corrected chi connectivity index (χ2v) is 7.18. The van der Waals surface area contributed by atoms with Crippen LogP contribution in [0.4, 0.5) is 0 Å². The highest BCUT2D eigenvalue weighted by molar-refractivity contribution is 6.01. The monoisotopic (exact) mass is 396 g/mol. The number of nitrogens with one attached hydrogen (secondary N) is 1. The Labute approximate surface area is 169 Å². The molecule has 0 saturated heterocycles. The summed E-state index contributed by atoms with van der Waals surface area (Å²) in [5, 5.41) is 2.86. The van der Waals surface area contributed by atoms with E-state index < -0.39 is 0 Å². The molecule has 2 amide bonds. The van der Waals surface area contributed by atoms with Crippen molar-refractivity contribution in [3.05, 3.63) is 53.1 Å². The van der Waals surface area contributed by atoms with Crippen LogP contribution in [-0.4, -0.2) is 50.3 Å². The summed E-state index contributed by atoms with van der Waals surface area (Å²) in [4.78, 5) is 26.6. The van der Waals surface area contributed by atoms with Gasteiger partial charge in [-0.05, 0) is 36.5 Å². The number of hydrogen-bond acceptors (Lipinski definition) is 5. The van der Waals surface area contributed by atoms with Gasteiger partial charge in [0.2, 0.25) is 12.5 Å². The van der Waals surface area contributed by atoms with Gasteiger partial charge in [0.15, 0.2) is 18.1 Å². The molecule has 2 aliphatic heterocycles. The maximum atomic E-state index is 12.7. The maximum Gasteiger partial charge on any atom is 0.257 e. The van der Waals surface area contributed by atoms with Crippen LogP contribution in [0.2, 0.25) is 0 Å². The SMILES string of the molecule is CN1CCc2cc3c(c(OCC(=O)NCCCc4ccccc4)c2C1=O)OCO3. The number of ether oxygens (including phenoxy) is 3. The molecular weight excluding hydrogens is 372 g/mol. The standard InChI is InChI=1S/C22H24N2O5/c1-24-11-9-16-12-17-20(29-14-28-17)21(19(16)22(24)26)27-13-18(25)23-10-5-8-15-6-3-2-4-7-15/h2-4,6-7,12H,5,8-11,13-14H2,1H3,(H,23,25). The molecule has 29 heavy (non-hydrogen) atoms. The third kappa shape index (κ3) is 4.13. The zero-order chi connectivity index (χ0) is 20.2. The Bertz CT molecular complexity index is 913. The van der Waals surface area contributed by atoms with Crippen molar-refractivity contribution in [1.82, 2.24) is 10.2 Å². The van der Waals surface area contributed by atoms with Crippen LogP contribution in [0.3, 0.4) is 0 Å². The van der Waals surface area contributed by atoms with Crippen LogP contribution < -0.4 is 19.5 Å². The summed E-state index contributed by atoms with van der Waals surface area (Å²) in [5.74, 6) is 0.873. The van der Waals surface area contributed by atoms with E-state index in [1.165, 1.54) is 5.56 Å². The second kappa shape index (κ2) is 8.43. The smallest absolute Gasteiger partial charge is 0.257 e. The number of benzene rings is 2. The molecule has 0 bridgehead atoms. The molecule has 2 aromatic carbocycles. The highest BCUT2D eigenvalue weighted by atomic mass is 16.7. The third-order valence-electron chi connectivity index (χ3n) is 5.13. The van der Waals surface area contributed by atoms with Crippen molar-refractivity contribution in [3.8, 4) is 17.2 Å². The lowest BCUT2D eigenvalue weighted by Gasteiger charge is -2.27. The summed E-state index contributed by atoms with van der Waals surface area (Å²) in [6, 6.07) is 12.0. The van der Waals surface area contributed by atoms with Crippen molar-refractivity contribution in [2.45, 2.75) is 19.3 Å². The fraction of sp³-hybridized carbons (Fsp3) is 0.364. The van der Waals surface area contributed by atoms with E-state index in [0.29, 0.717) is 42.3 Å². The number of nitrogens with zero attached hydrogens (tertiary/aromatic N) is 1. The molecule has 0 saturated carbocycles. The number of likely N-dealkylation sites (N-methyl/N-ethyl adjacent to an activating group) is 1. The fourth-order valence-electron chi connectivity index (χ4n) is 3.57. The Morgan fingerprint density at radius 3 is 2.90 bits per heavy atom. The maximum absolute atomic E-state index is 12.7. The molecule has 0 aromatic heterocycles. The minimum atomic E-state index is -0.236. The number of rotatable bonds is 7. The van der Waals surface area contributed by atoms with Crippen molar-refractivity contribution in [2.24, 2.45) is 0 Å². The molecular formula is C22H24N2O5. The normalized spacial score (nSPS) is 14.5. The molecule has 4 rings (SSSR count). The zero-order valence-corrected chi connectivity index (χ0v) is 16.4. The summed E-state index contributed by atoms with van der Waals surface area (Å²) in [6.45, 7) is 1.08. The van der Waals surface area contributed by atoms with Crippen LogP contribution in [0.1, 0.15) is 27.9 Å². The first kappa shape index (κ1) is 19.1. The van der Waals surface area contributed by atoms with Crippen molar-refractivity contribution >= 4 is 11.8 Å². The Morgan fingerprint density at radius 2 is 2.07 bits per heavy atom. The number of carbonyl (C=O) groups excluding carboxylic acids is 2. The van der Waals surface area contributed by atoms with Crippen molar-refractivity contribution in [3.63, 3.8) is 0 Å². The third-order valence-corrected chi connectivity index (χ3v) is 5.13. The van der Waals surface area contributed by atoms with E-state index >= 15 is 0 Å². The number of aryl methyl sites for hydroxylation is 1. The molecule has 0 fully saturated rings. The van der Waals surface area contributed by atoms with E-state index in [0.717, 1.165) is 18.4 Å². The molecule has 0 spiro atoms. The van der Waals surface area contributed by atoms with Gasteiger partial charge in [-0.1, -0.05) is 30.3 Å². The van der Waals surface area contributed by atoms with Gasteiger partial charge >= 0.3 is 0 Å². The van der Waals surface area contributed by atoms with Gasteiger partial charge in [0.1, 0.15) is 0 Å². The molecule has 2 aliphatic rings. The predicted molar refractivity (Wildman–Crippen MR) is 106 cm³/mol. The first-order valence-electron chi connectivity index (χ1n) is 9.78. The Balaban J connectivity index is 1.37. The quantitative estimate of drug-likeness (QED) is 0.726. The van der Waals surface area contributed by atoms with E-state index in [9.17, 15) is 9.59 Å². The molecule has 0 atom stereocenters. The van der Waals surface area contributed by atoms with Gasteiger partial charge in [0, 0.05) is 20.1 Å². The van der Waals surface area contributed by atoms with Crippen LogP contribution in [0.5, 0.6) is 17.2 Å². The van der Waals surface area contributed by atoms with Crippen LogP contribution >= 0.6 is 0 Å². The predicted octanol–water partition coefficient (Wildman–Crippen LogP) is 2.17. The molecule has 2 heterocycles. The Hall–Kier alpha value is -3.22. The van der Waals surface area contributed by atoms with Gasteiger partial charge in [-0.2, -0.15) is 0 Å².